The molecular formula is C16H21BrO3. The van der Waals surface area contributed by atoms with Crippen molar-refractivity contribution in [2.45, 2.75) is 31.2 Å². The molecule has 2 aliphatic rings. The molecule has 4 heteroatoms. The Labute approximate surface area is 128 Å². The SMILES string of the molecule is CC1COc2ccc(C(Br)C3COC(C)C3)cc2OC1. The summed E-state index contributed by atoms with van der Waals surface area (Å²) in [4.78, 5) is 0.307. The first-order chi connectivity index (χ1) is 9.63. The summed E-state index contributed by atoms with van der Waals surface area (Å²) in [7, 11) is 0. The molecule has 110 valence electrons. The average molecular weight is 341 g/mol. The number of rotatable bonds is 2. The third-order valence-corrected chi connectivity index (χ3v) is 5.25. The Hall–Kier alpha value is -0.740. The molecule has 2 aliphatic heterocycles. The van der Waals surface area contributed by atoms with Crippen LogP contribution < -0.4 is 9.47 Å². The molecule has 1 aromatic rings. The molecule has 0 amide bonds. The van der Waals surface area contributed by atoms with Gasteiger partial charge in [0.1, 0.15) is 0 Å². The number of benzene rings is 1. The van der Waals surface area contributed by atoms with Crippen LogP contribution in [-0.2, 0) is 4.74 Å². The Balaban J connectivity index is 1.78. The Kier molecular flexibility index (Phi) is 4.22. The van der Waals surface area contributed by atoms with Crippen molar-refractivity contribution < 1.29 is 14.2 Å². The normalized spacial score (nSPS) is 30.9. The minimum absolute atomic E-state index is 0.307. The predicted molar refractivity (Wildman–Crippen MR) is 81.8 cm³/mol. The van der Waals surface area contributed by atoms with Crippen LogP contribution in [0.4, 0.5) is 0 Å². The van der Waals surface area contributed by atoms with E-state index in [1.807, 2.05) is 6.07 Å². The molecule has 2 heterocycles. The lowest BCUT2D eigenvalue weighted by Gasteiger charge is -2.18. The first-order valence-electron chi connectivity index (χ1n) is 7.28. The van der Waals surface area contributed by atoms with Crippen molar-refractivity contribution in [1.29, 1.82) is 0 Å². The van der Waals surface area contributed by atoms with Gasteiger partial charge in [-0.05, 0) is 31.0 Å². The van der Waals surface area contributed by atoms with Gasteiger partial charge in [-0.3, -0.25) is 0 Å². The van der Waals surface area contributed by atoms with Crippen LogP contribution in [0.15, 0.2) is 18.2 Å². The average Bonchev–Trinajstić information content (AvgIpc) is 2.80. The van der Waals surface area contributed by atoms with Crippen molar-refractivity contribution >= 4 is 15.9 Å². The van der Waals surface area contributed by atoms with Crippen LogP contribution in [0.25, 0.3) is 0 Å². The molecule has 0 radical (unpaired) electrons. The maximum Gasteiger partial charge on any atom is 0.161 e. The number of ether oxygens (including phenoxy) is 3. The van der Waals surface area contributed by atoms with Crippen molar-refractivity contribution in [2.24, 2.45) is 11.8 Å². The Bertz CT molecular complexity index is 477. The third-order valence-electron chi connectivity index (χ3n) is 3.98. The van der Waals surface area contributed by atoms with Gasteiger partial charge in [-0.1, -0.05) is 28.9 Å². The maximum absolute atomic E-state index is 5.86. The first kappa shape index (κ1) is 14.2. The third kappa shape index (κ3) is 2.96. The summed E-state index contributed by atoms with van der Waals surface area (Å²) in [6.07, 6.45) is 1.46. The van der Waals surface area contributed by atoms with Gasteiger partial charge in [0.05, 0.1) is 25.9 Å². The molecule has 0 N–H and O–H groups in total. The fourth-order valence-electron chi connectivity index (χ4n) is 2.77. The van der Waals surface area contributed by atoms with Crippen molar-refractivity contribution in [3.8, 4) is 11.5 Å². The smallest absolute Gasteiger partial charge is 0.161 e. The van der Waals surface area contributed by atoms with Gasteiger partial charge in [-0.15, -0.1) is 0 Å². The van der Waals surface area contributed by atoms with Crippen LogP contribution >= 0.6 is 15.9 Å². The number of halogens is 1. The van der Waals surface area contributed by atoms with E-state index in [2.05, 4.69) is 41.9 Å². The second kappa shape index (κ2) is 5.94. The minimum atomic E-state index is 0.307. The topological polar surface area (TPSA) is 27.7 Å². The van der Waals surface area contributed by atoms with Crippen LogP contribution in [-0.4, -0.2) is 25.9 Å². The highest BCUT2D eigenvalue weighted by molar-refractivity contribution is 9.09. The van der Waals surface area contributed by atoms with E-state index in [1.54, 1.807) is 0 Å². The quantitative estimate of drug-likeness (QED) is 0.763. The van der Waals surface area contributed by atoms with E-state index in [4.69, 9.17) is 14.2 Å². The Morgan fingerprint density at radius 2 is 1.85 bits per heavy atom. The standard InChI is InChI=1S/C16H21BrO3/c1-10-7-19-14-4-3-12(6-15(14)20-8-10)16(17)13-5-11(2)18-9-13/h3-4,6,10-11,13,16H,5,7-9H2,1-2H3. The fourth-order valence-corrected chi connectivity index (χ4v) is 3.42. The molecule has 0 bridgehead atoms. The fraction of sp³-hybridized carbons (Fsp3) is 0.625. The van der Waals surface area contributed by atoms with E-state index in [0.717, 1.165) is 31.1 Å². The summed E-state index contributed by atoms with van der Waals surface area (Å²) in [5.41, 5.74) is 1.24. The second-order valence-corrected chi connectivity index (χ2v) is 6.96. The summed E-state index contributed by atoms with van der Waals surface area (Å²) in [5.74, 6) is 2.67. The molecule has 1 aromatic carbocycles. The molecule has 0 spiro atoms. The minimum Gasteiger partial charge on any atom is -0.489 e. The summed E-state index contributed by atoms with van der Waals surface area (Å²) in [5, 5.41) is 0. The highest BCUT2D eigenvalue weighted by Crippen LogP contribution is 2.41. The lowest BCUT2D eigenvalue weighted by molar-refractivity contribution is 0.120. The van der Waals surface area contributed by atoms with Crippen LogP contribution in [0.1, 0.15) is 30.7 Å². The van der Waals surface area contributed by atoms with Gasteiger partial charge < -0.3 is 14.2 Å². The van der Waals surface area contributed by atoms with Crippen molar-refractivity contribution in [2.75, 3.05) is 19.8 Å². The predicted octanol–water partition coefficient (Wildman–Crippen LogP) is 3.95. The zero-order valence-corrected chi connectivity index (χ0v) is 13.6. The lowest BCUT2D eigenvalue weighted by atomic mass is 9.96. The Morgan fingerprint density at radius 3 is 2.55 bits per heavy atom. The molecular weight excluding hydrogens is 320 g/mol. The van der Waals surface area contributed by atoms with Crippen molar-refractivity contribution in [3.05, 3.63) is 23.8 Å². The molecule has 4 unspecified atom stereocenters. The van der Waals surface area contributed by atoms with Gasteiger partial charge in [-0.2, -0.15) is 0 Å². The largest absolute Gasteiger partial charge is 0.489 e. The van der Waals surface area contributed by atoms with Crippen LogP contribution in [0, 0.1) is 11.8 Å². The van der Waals surface area contributed by atoms with Gasteiger partial charge in [0.2, 0.25) is 0 Å². The first-order valence-corrected chi connectivity index (χ1v) is 8.20. The second-order valence-electron chi connectivity index (χ2n) is 5.97. The summed E-state index contributed by atoms with van der Waals surface area (Å²) in [6, 6.07) is 6.26. The molecule has 4 atom stereocenters. The molecule has 1 saturated heterocycles. The van der Waals surface area contributed by atoms with E-state index in [9.17, 15) is 0 Å². The van der Waals surface area contributed by atoms with E-state index in [0.29, 0.717) is 29.4 Å². The molecule has 3 nitrogen and oxygen atoms in total. The zero-order chi connectivity index (χ0) is 14.1. The highest BCUT2D eigenvalue weighted by atomic mass is 79.9. The molecule has 0 aromatic heterocycles. The number of alkyl halides is 1. The van der Waals surface area contributed by atoms with E-state index < -0.39 is 0 Å². The maximum atomic E-state index is 5.86. The van der Waals surface area contributed by atoms with Crippen molar-refractivity contribution in [1.82, 2.24) is 0 Å². The number of hydrogen-bond acceptors (Lipinski definition) is 3. The van der Waals surface area contributed by atoms with Crippen LogP contribution in [0.3, 0.4) is 0 Å². The van der Waals surface area contributed by atoms with Crippen molar-refractivity contribution in [3.63, 3.8) is 0 Å². The summed E-state index contributed by atoms with van der Waals surface area (Å²) < 4.78 is 17.3. The summed E-state index contributed by atoms with van der Waals surface area (Å²) in [6.45, 7) is 6.53. The lowest BCUT2D eigenvalue weighted by Crippen LogP contribution is -2.12. The number of hydrogen-bond donors (Lipinski definition) is 0. The zero-order valence-electron chi connectivity index (χ0n) is 12.0. The number of fused-ring (bicyclic) bond motifs is 1. The summed E-state index contributed by atoms with van der Waals surface area (Å²) >= 11 is 3.82. The van der Waals surface area contributed by atoms with Gasteiger partial charge in [0, 0.05) is 16.7 Å². The van der Waals surface area contributed by atoms with Crippen LogP contribution in [0.2, 0.25) is 0 Å². The molecule has 3 rings (SSSR count). The van der Waals surface area contributed by atoms with Gasteiger partial charge in [0.25, 0.3) is 0 Å². The van der Waals surface area contributed by atoms with Gasteiger partial charge in [0.15, 0.2) is 11.5 Å². The van der Waals surface area contributed by atoms with E-state index in [-0.39, 0.29) is 0 Å². The van der Waals surface area contributed by atoms with Crippen LogP contribution in [0.5, 0.6) is 11.5 Å². The molecule has 0 saturated carbocycles. The van der Waals surface area contributed by atoms with Gasteiger partial charge >= 0.3 is 0 Å². The highest BCUT2D eigenvalue weighted by Gasteiger charge is 2.29. The van der Waals surface area contributed by atoms with Gasteiger partial charge in [-0.25, -0.2) is 0 Å². The molecule has 0 aliphatic carbocycles. The molecule has 20 heavy (non-hydrogen) atoms. The Morgan fingerprint density at radius 1 is 1.10 bits per heavy atom. The monoisotopic (exact) mass is 340 g/mol. The van der Waals surface area contributed by atoms with E-state index in [1.165, 1.54) is 5.56 Å². The van der Waals surface area contributed by atoms with E-state index >= 15 is 0 Å². The molecule has 1 fully saturated rings.